The van der Waals surface area contributed by atoms with Crippen LogP contribution in [-0.2, 0) is 16.6 Å². The minimum atomic E-state index is -3.35. The Balaban J connectivity index is 1.92. The molecular formula is C13H23N3O2S2. The highest BCUT2D eigenvalue weighted by Gasteiger charge is 2.21. The van der Waals surface area contributed by atoms with Crippen molar-refractivity contribution in [2.45, 2.75) is 23.6 Å². The number of hydrogen-bond acceptors (Lipinski definition) is 5. The van der Waals surface area contributed by atoms with Gasteiger partial charge in [-0.1, -0.05) is 0 Å². The Morgan fingerprint density at radius 2 is 2.25 bits per heavy atom. The fourth-order valence-electron chi connectivity index (χ4n) is 2.51. The van der Waals surface area contributed by atoms with Crippen molar-refractivity contribution >= 4 is 21.4 Å². The maximum Gasteiger partial charge on any atom is 0.250 e. The first-order valence-electron chi connectivity index (χ1n) is 6.93. The van der Waals surface area contributed by atoms with E-state index in [-0.39, 0.29) is 0 Å². The Morgan fingerprint density at radius 3 is 2.95 bits per heavy atom. The number of nitrogens with one attached hydrogen (secondary N) is 2. The third kappa shape index (κ3) is 4.26. The SMILES string of the molecule is CNCc1ccc(S(=O)(=O)NCC2CCCN(C)C2)s1. The summed E-state index contributed by atoms with van der Waals surface area (Å²) in [6.07, 6.45) is 2.25. The third-order valence-electron chi connectivity index (χ3n) is 3.54. The zero-order chi connectivity index (χ0) is 14.6. The summed E-state index contributed by atoms with van der Waals surface area (Å²) >= 11 is 1.33. The normalized spacial score (nSPS) is 21.2. The van der Waals surface area contributed by atoms with Gasteiger partial charge in [0.05, 0.1) is 0 Å². The first-order valence-corrected chi connectivity index (χ1v) is 9.23. The molecule has 1 aromatic rings. The molecule has 7 heteroatoms. The minimum absolute atomic E-state index is 0.409. The van der Waals surface area contributed by atoms with E-state index < -0.39 is 10.0 Å². The van der Waals surface area contributed by atoms with E-state index in [1.807, 2.05) is 13.1 Å². The van der Waals surface area contributed by atoms with E-state index in [0.29, 0.717) is 23.2 Å². The second kappa shape index (κ2) is 7.00. The van der Waals surface area contributed by atoms with E-state index in [1.165, 1.54) is 11.3 Å². The van der Waals surface area contributed by atoms with Gasteiger partial charge in [-0.3, -0.25) is 0 Å². The van der Waals surface area contributed by atoms with E-state index in [4.69, 9.17) is 0 Å². The predicted octanol–water partition coefficient (Wildman–Crippen LogP) is 1.09. The van der Waals surface area contributed by atoms with Crippen LogP contribution in [0, 0.1) is 5.92 Å². The zero-order valence-electron chi connectivity index (χ0n) is 12.1. The summed E-state index contributed by atoms with van der Waals surface area (Å²) in [5, 5.41) is 3.03. The first kappa shape index (κ1) is 15.9. The number of nitrogens with zero attached hydrogens (tertiary/aromatic N) is 1. The molecule has 1 aromatic heterocycles. The maximum absolute atomic E-state index is 12.2. The molecular weight excluding hydrogens is 294 g/mol. The van der Waals surface area contributed by atoms with Crippen LogP contribution in [0.5, 0.6) is 0 Å². The van der Waals surface area contributed by atoms with Gasteiger partial charge in [0, 0.05) is 24.5 Å². The highest BCUT2D eigenvalue weighted by atomic mass is 32.2. The summed E-state index contributed by atoms with van der Waals surface area (Å²) in [6.45, 7) is 3.32. The molecule has 0 amide bonds. The standard InChI is InChI=1S/C13H23N3O2S2/c1-14-9-12-5-6-13(19-12)20(17,18)15-8-11-4-3-7-16(2)10-11/h5-6,11,14-15H,3-4,7-10H2,1-2H3. The molecule has 0 spiro atoms. The highest BCUT2D eigenvalue weighted by Crippen LogP contribution is 2.22. The molecule has 5 nitrogen and oxygen atoms in total. The molecule has 1 aliphatic rings. The smallest absolute Gasteiger partial charge is 0.250 e. The maximum atomic E-state index is 12.2. The molecule has 20 heavy (non-hydrogen) atoms. The molecule has 1 fully saturated rings. The Bertz CT molecular complexity index is 527. The zero-order valence-corrected chi connectivity index (χ0v) is 13.7. The number of likely N-dealkylation sites (tertiary alicyclic amines) is 1. The van der Waals surface area contributed by atoms with Crippen molar-refractivity contribution in [2.24, 2.45) is 5.92 Å². The van der Waals surface area contributed by atoms with E-state index in [9.17, 15) is 8.42 Å². The number of sulfonamides is 1. The van der Waals surface area contributed by atoms with Gasteiger partial charge in [-0.25, -0.2) is 13.1 Å². The fourth-order valence-corrected chi connectivity index (χ4v) is 5.04. The average molecular weight is 317 g/mol. The minimum Gasteiger partial charge on any atom is -0.315 e. The summed E-state index contributed by atoms with van der Waals surface area (Å²) in [7, 11) is 0.588. The highest BCUT2D eigenvalue weighted by molar-refractivity contribution is 7.91. The van der Waals surface area contributed by atoms with Gasteiger partial charge in [-0.15, -0.1) is 11.3 Å². The molecule has 0 aromatic carbocycles. The van der Waals surface area contributed by atoms with Crippen LogP contribution in [0.25, 0.3) is 0 Å². The number of rotatable bonds is 6. The lowest BCUT2D eigenvalue weighted by atomic mass is 9.99. The van der Waals surface area contributed by atoms with Gasteiger partial charge in [-0.2, -0.15) is 0 Å². The van der Waals surface area contributed by atoms with Gasteiger partial charge in [0.1, 0.15) is 4.21 Å². The van der Waals surface area contributed by atoms with Gasteiger partial charge in [0.15, 0.2) is 0 Å². The molecule has 1 aliphatic heterocycles. The Hall–Kier alpha value is -0.470. The lowest BCUT2D eigenvalue weighted by molar-refractivity contribution is 0.211. The summed E-state index contributed by atoms with van der Waals surface area (Å²) in [5.74, 6) is 0.417. The van der Waals surface area contributed by atoms with Crippen molar-refractivity contribution in [1.82, 2.24) is 14.9 Å². The van der Waals surface area contributed by atoms with Crippen LogP contribution in [0.15, 0.2) is 16.3 Å². The fraction of sp³-hybridized carbons (Fsp3) is 0.692. The molecule has 1 atom stereocenters. The van der Waals surface area contributed by atoms with Gasteiger partial charge >= 0.3 is 0 Å². The van der Waals surface area contributed by atoms with E-state index >= 15 is 0 Å². The van der Waals surface area contributed by atoms with E-state index in [1.54, 1.807) is 6.07 Å². The third-order valence-corrected chi connectivity index (χ3v) is 6.54. The van der Waals surface area contributed by atoms with Crippen molar-refractivity contribution < 1.29 is 8.42 Å². The van der Waals surface area contributed by atoms with Crippen LogP contribution in [-0.4, -0.2) is 47.0 Å². The van der Waals surface area contributed by atoms with Crippen molar-refractivity contribution in [1.29, 1.82) is 0 Å². The first-order chi connectivity index (χ1) is 9.51. The van der Waals surface area contributed by atoms with Crippen molar-refractivity contribution in [3.05, 3.63) is 17.0 Å². The molecule has 2 rings (SSSR count). The van der Waals surface area contributed by atoms with Crippen LogP contribution < -0.4 is 10.0 Å². The molecule has 2 N–H and O–H groups in total. The Labute approximate surface area is 125 Å². The Morgan fingerprint density at radius 1 is 1.45 bits per heavy atom. The summed E-state index contributed by atoms with van der Waals surface area (Å²) in [5.41, 5.74) is 0. The van der Waals surface area contributed by atoms with E-state index in [2.05, 4.69) is 22.0 Å². The molecule has 1 unspecified atom stereocenters. The van der Waals surface area contributed by atoms with Gasteiger partial charge in [0.25, 0.3) is 0 Å². The Kier molecular flexibility index (Phi) is 5.57. The number of hydrogen-bond donors (Lipinski definition) is 2. The van der Waals surface area contributed by atoms with E-state index in [0.717, 1.165) is 30.8 Å². The molecule has 0 bridgehead atoms. The molecule has 0 aliphatic carbocycles. The molecule has 114 valence electrons. The number of piperidine rings is 1. The summed E-state index contributed by atoms with van der Waals surface area (Å²) in [6, 6.07) is 3.55. The quantitative estimate of drug-likeness (QED) is 0.824. The lowest BCUT2D eigenvalue weighted by Crippen LogP contribution is -2.38. The van der Waals surface area contributed by atoms with Gasteiger partial charge in [-0.05, 0) is 51.5 Å². The van der Waals surface area contributed by atoms with Crippen molar-refractivity contribution in [2.75, 3.05) is 33.7 Å². The molecule has 0 radical (unpaired) electrons. The van der Waals surface area contributed by atoms with Crippen LogP contribution in [0.1, 0.15) is 17.7 Å². The molecule has 2 heterocycles. The average Bonchev–Trinajstić information content (AvgIpc) is 2.87. The second-order valence-electron chi connectivity index (χ2n) is 5.37. The molecule has 0 saturated carbocycles. The van der Waals surface area contributed by atoms with Crippen molar-refractivity contribution in [3.8, 4) is 0 Å². The second-order valence-corrected chi connectivity index (χ2v) is 8.54. The van der Waals surface area contributed by atoms with Crippen LogP contribution >= 0.6 is 11.3 Å². The summed E-state index contributed by atoms with van der Waals surface area (Å²) < 4.78 is 27.6. The summed E-state index contributed by atoms with van der Waals surface area (Å²) in [4.78, 5) is 3.30. The van der Waals surface area contributed by atoms with Crippen molar-refractivity contribution in [3.63, 3.8) is 0 Å². The van der Waals surface area contributed by atoms with Gasteiger partial charge < -0.3 is 10.2 Å². The number of thiophene rings is 1. The predicted molar refractivity (Wildman–Crippen MR) is 82.5 cm³/mol. The van der Waals surface area contributed by atoms with Crippen LogP contribution in [0.2, 0.25) is 0 Å². The van der Waals surface area contributed by atoms with Gasteiger partial charge in [0.2, 0.25) is 10.0 Å². The monoisotopic (exact) mass is 317 g/mol. The van der Waals surface area contributed by atoms with Crippen LogP contribution in [0.3, 0.4) is 0 Å². The van der Waals surface area contributed by atoms with Crippen LogP contribution in [0.4, 0.5) is 0 Å². The topological polar surface area (TPSA) is 61.4 Å². The lowest BCUT2D eigenvalue weighted by Gasteiger charge is -2.29. The molecule has 1 saturated heterocycles. The largest absolute Gasteiger partial charge is 0.315 e.